The predicted molar refractivity (Wildman–Crippen MR) is 59.4 cm³/mol. The Labute approximate surface area is 94.5 Å². The molecule has 1 aromatic carbocycles. The molecule has 0 spiro atoms. The first-order valence-corrected chi connectivity index (χ1v) is 5.03. The second-order valence-electron chi connectivity index (χ2n) is 2.85. The Morgan fingerprint density at radius 3 is 2.60 bits per heavy atom. The van der Waals surface area contributed by atoms with Crippen LogP contribution in [-0.4, -0.2) is 9.97 Å². The summed E-state index contributed by atoms with van der Waals surface area (Å²) in [5.74, 6) is 0.388. The van der Waals surface area contributed by atoms with Gasteiger partial charge in [-0.25, -0.2) is 14.4 Å². The highest BCUT2D eigenvalue weighted by molar-refractivity contribution is 9.10. The zero-order chi connectivity index (χ0) is 10.7. The third-order valence-electron chi connectivity index (χ3n) is 1.77. The average Bonchev–Trinajstić information content (AvgIpc) is 2.25. The van der Waals surface area contributed by atoms with Crippen LogP contribution in [-0.2, 0) is 0 Å². The van der Waals surface area contributed by atoms with E-state index in [2.05, 4.69) is 31.2 Å². The summed E-state index contributed by atoms with van der Waals surface area (Å²) in [5, 5.41) is 3.03. The van der Waals surface area contributed by atoms with Gasteiger partial charge in [0.15, 0.2) is 0 Å². The maximum Gasteiger partial charge on any atom is 0.148 e. The fraction of sp³-hybridized carbons (Fsp3) is 0. The molecular weight excluding hydrogens is 261 g/mol. The van der Waals surface area contributed by atoms with E-state index in [1.807, 2.05) is 0 Å². The van der Waals surface area contributed by atoms with Crippen LogP contribution in [0.5, 0.6) is 0 Å². The largest absolute Gasteiger partial charge is 0.339 e. The molecule has 0 amide bonds. The number of halogens is 2. The molecule has 0 aliphatic carbocycles. The molecule has 0 fully saturated rings. The number of aromatic nitrogens is 2. The van der Waals surface area contributed by atoms with Crippen LogP contribution in [0.2, 0.25) is 0 Å². The average molecular weight is 268 g/mol. The Morgan fingerprint density at radius 2 is 1.93 bits per heavy atom. The molecule has 0 aliphatic heterocycles. The van der Waals surface area contributed by atoms with Crippen LogP contribution < -0.4 is 5.32 Å². The first-order chi connectivity index (χ1) is 7.25. The Morgan fingerprint density at radius 1 is 1.20 bits per heavy atom. The molecule has 15 heavy (non-hydrogen) atoms. The monoisotopic (exact) mass is 267 g/mol. The number of nitrogens with one attached hydrogen (secondary N) is 1. The van der Waals surface area contributed by atoms with E-state index in [4.69, 9.17) is 0 Å². The summed E-state index contributed by atoms with van der Waals surface area (Å²) < 4.78 is 13.4. The maximum absolute atomic E-state index is 12.6. The molecule has 2 aromatic rings. The van der Waals surface area contributed by atoms with Crippen molar-refractivity contribution in [2.75, 3.05) is 5.32 Å². The van der Waals surface area contributed by atoms with Crippen molar-refractivity contribution < 1.29 is 4.39 Å². The minimum absolute atomic E-state index is 0.262. The molecule has 76 valence electrons. The first-order valence-electron chi connectivity index (χ1n) is 4.24. The topological polar surface area (TPSA) is 37.8 Å². The van der Waals surface area contributed by atoms with Gasteiger partial charge in [-0.05, 0) is 40.2 Å². The van der Waals surface area contributed by atoms with Crippen LogP contribution in [0.15, 0.2) is 41.3 Å². The van der Waals surface area contributed by atoms with Gasteiger partial charge in [0.05, 0.1) is 4.47 Å². The van der Waals surface area contributed by atoms with Crippen molar-refractivity contribution in [2.24, 2.45) is 0 Å². The Balaban J connectivity index is 2.22. The minimum Gasteiger partial charge on any atom is -0.339 e. The summed E-state index contributed by atoms with van der Waals surface area (Å²) in [5.41, 5.74) is 0.774. The van der Waals surface area contributed by atoms with Crippen LogP contribution in [0, 0.1) is 5.82 Å². The highest BCUT2D eigenvalue weighted by Crippen LogP contribution is 2.21. The molecule has 0 aliphatic rings. The van der Waals surface area contributed by atoms with Gasteiger partial charge in [-0.3, -0.25) is 0 Å². The molecule has 0 radical (unpaired) electrons. The Hall–Kier alpha value is -1.49. The van der Waals surface area contributed by atoms with E-state index in [1.54, 1.807) is 18.3 Å². The van der Waals surface area contributed by atoms with Crippen molar-refractivity contribution in [3.63, 3.8) is 0 Å². The fourth-order valence-corrected chi connectivity index (χ4v) is 1.39. The second kappa shape index (κ2) is 4.35. The van der Waals surface area contributed by atoms with Crippen LogP contribution in [0.3, 0.4) is 0 Å². The van der Waals surface area contributed by atoms with Gasteiger partial charge in [-0.2, -0.15) is 0 Å². The smallest absolute Gasteiger partial charge is 0.148 e. The van der Waals surface area contributed by atoms with E-state index in [1.165, 1.54) is 18.5 Å². The summed E-state index contributed by atoms with van der Waals surface area (Å²) in [6, 6.07) is 6.06. The zero-order valence-corrected chi connectivity index (χ0v) is 9.20. The minimum atomic E-state index is -0.262. The molecule has 0 atom stereocenters. The first kappa shape index (κ1) is 10.0. The molecule has 0 saturated heterocycles. The third-order valence-corrected chi connectivity index (χ3v) is 2.35. The Kier molecular flexibility index (Phi) is 2.91. The summed E-state index contributed by atoms with van der Waals surface area (Å²) in [6.07, 6.45) is 3.08. The van der Waals surface area contributed by atoms with Crippen molar-refractivity contribution in [2.45, 2.75) is 0 Å². The van der Waals surface area contributed by atoms with Crippen LogP contribution in [0.4, 0.5) is 15.9 Å². The molecule has 5 heteroatoms. The van der Waals surface area contributed by atoms with Gasteiger partial charge in [0.2, 0.25) is 0 Å². The van der Waals surface area contributed by atoms with Gasteiger partial charge in [-0.1, -0.05) is 0 Å². The molecule has 3 nitrogen and oxygen atoms in total. The lowest BCUT2D eigenvalue weighted by atomic mass is 10.3. The lowest BCUT2D eigenvalue weighted by Gasteiger charge is -2.05. The van der Waals surface area contributed by atoms with E-state index in [-0.39, 0.29) is 5.82 Å². The number of rotatable bonds is 2. The van der Waals surface area contributed by atoms with Gasteiger partial charge in [0.25, 0.3) is 0 Å². The predicted octanol–water partition coefficient (Wildman–Crippen LogP) is 3.12. The van der Waals surface area contributed by atoms with Crippen LogP contribution >= 0.6 is 15.9 Å². The summed E-state index contributed by atoms with van der Waals surface area (Å²) in [6.45, 7) is 0. The quantitative estimate of drug-likeness (QED) is 0.909. The van der Waals surface area contributed by atoms with Gasteiger partial charge in [0, 0.05) is 11.9 Å². The van der Waals surface area contributed by atoms with E-state index in [9.17, 15) is 4.39 Å². The van der Waals surface area contributed by atoms with Crippen molar-refractivity contribution >= 4 is 27.4 Å². The van der Waals surface area contributed by atoms with Crippen molar-refractivity contribution in [1.29, 1.82) is 0 Å². The van der Waals surface area contributed by atoms with E-state index >= 15 is 0 Å². The van der Waals surface area contributed by atoms with Gasteiger partial charge in [-0.15, -0.1) is 0 Å². The van der Waals surface area contributed by atoms with Gasteiger partial charge in [0.1, 0.15) is 18.0 Å². The molecule has 0 unspecified atom stereocenters. The van der Waals surface area contributed by atoms with Crippen molar-refractivity contribution in [1.82, 2.24) is 9.97 Å². The number of hydrogen-bond donors (Lipinski definition) is 1. The lowest BCUT2D eigenvalue weighted by Crippen LogP contribution is -1.94. The number of nitrogens with zero attached hydrogens (tertiary/aromatic N) is 2. The summed E-state index contributed by atoms with van der Waals surface area (Å²) in [7, 11) is 0. The van der Waals surface area contributed by atoms with Crippen LogP contribution in [0.25, 0.3) is 0 Å². The second-order valence-corrected chi connectivity index (χ2v) is 3.71. The SMILES string of the molecule is Fc1ccc(Nc2ncncc2Br)cc1. The highest BCUT2D eigenvalue weighted by atomic mass is 79.9. The van der Waals surface area contributed by atoms with Crippen LogP contribution in [0.1, 0.15) is 0 Å². The number of benzene rings is 1. The number of hydrogen-bond acceptors (Lipinski definition) is 3. The summed E-state index contributed by atoms with van der Waals surface area (Å²) >= 11 is 3.31. The van der Waals surface area contributed by atoms with Gasteiger partial charge < -0.3 is 5.32 Å². The van der Waals surface area contributed by atoms with Crippen molar-refractivity contribution in [3.8, 4) is 0 Å². The third kappa shape index (κ3) is 2.50. The maximum atomic E-state index is 12.6. The van der Waals surface area contributed by atoms with Crippen molar-refractivity contribution in [3.05, 3.63) is 47.1 Å². The molecule has 0 saturated carbocycles. The fourth-order valence-electron chi connectivity index (χ4n) is 1.07. The molecular formula is C10H7BrFN3. The molecule has 2 rings (SSSR count). The highest BCUT2D eigenvalue weighted by Gasteiger charge is 2.00. The number of anilines is 2. The van der Waals surface area contributed by atoms with Gasteiger partial charge >= 0.3 is 0 Å². The normalized spacial score (nSPS) is 10.0. The lowest BCUT2D eigenvalue weighted by molar-refractivity contribution is 0.628. The Bertz CT molecular complexity index is 458. The molecule has 1 aromatic heterocycles. The standard InChI is InChI=1S/C10H7BrFN3/c11-9-5-13-6-14-10(9)15-8-3-1-7(12)2-4-8/h1-6H,(H,13,14,15). The van der Waals surface area contributed by atoms with E-state index in [0.717, 1.165) is 10.2 Å². The van der Waals surface area contributed by atoms with E-state index < -0.39 is 0 Å². The molecule has 1 heterocycles. The molecule has 1 N–H and O–H groups in total. The summed E-state index contributed by atoms with van der Waals surface area (Å²) in [4.78, 5) is 7.88. The zero-order valence-electron chi connectivity index (χ0n) is 7.61. The van der Waals surface area contributed by atoms with E-state index in [0.29, 0.717) is 5.82 Å². The molecule has 0 bridgehead atoms.